The maximum atomic E-state index is 11.6. The van der Waals surface area contributed by atoms with Crippen LogP contribution in [0.1, 0.15) is 35.3 Å². The topological polar surface area (TPSA) is 67.2 Å². The number of carbonyl (C=O) groups excluding carboxylic acids is 2. The molecule has 0 spiro atoms. The molecule has 0 atom stereocenters. The monoisotopic (exact) mass is 245 g/mol. The van der Waals surface area contributed by atoms with Gasteiger partial charge < -0.3 is 4.74 Å². The third-order valence-electron chi connectivity index (χ3n) is 2.43. The quantitative estimate of drug-likeness (QED) is 0.745. The van der Waals surface area contributed by atoms with Gasteiger partial charge in [0.15, 0.2) is 0 Å². The molecule has 1 aromatic rings. The van der Waals surface area contributed by atoms with Gasteiger partial charge in [-0.1, -0.05) is 6.07 Å². The number of Topliss-reactive ketones (excluding diaryl/α,β-unsaturated/α-hetero) is 1. The lowest BCUT2D eigenvalue weighted by Crippen LogP contribution is -2.07. The summed E-state index contributed by atoms with van der Waals surface area (Å²) in [7, 11) is 0. The molecule has 94 valence electrons. The van der Waals surface area contributed by atoms with Crippen molar-refractivity contribution in [3.05, 3.63) is 34.9 Å². The van der Waals surface area contributed by atoms with E-state index in [1.165, 1.54) is 6.92 Å². The van der Waals surface area contributed by atoms with Crippen LogP contribution in [0.3, 0.4) is 0 Å². The Balaban J connectivity index is 3.06. The van der Waals surface area contributed by atoms with Gasteiger partial charge in [0.2, 0.25) is 0 Å². The average molecular weight is 245 g/mol. The molecule has 0 N–H and O–H groups in total. The van der Waals surface area contributed by atoms with Crippen LogP contribution in [0.5, 0.6) is 0 Å². The molecular weight excluding hydrogens is 230 g/mol. The highest BCUT2D eigenvalue weighted by molar-refractivity contribution is 5.90. The number of hydrogen-bond donors (Lipinski definition) is 0. The van der Waals surface area contributed by atoms with E-state index >= 15 is 0 Å². The summed E-state index contributed by atoms with van der Waals surface area (Å²) in [4.78, 5) is 22.7. The lowest BCUT2D eigenvalue weighted by atomic mass is 9.98. The van der Waals surface area contributed by atoms with Crippen LogP contribution < -0.4 is 0 Å². The molecule has 0 aliphatic rings. The van der Waals surface area contributed by atoms with Crippen LogP contribution in [0.25, 0.3) is 0 Å². The number of esters is 1. The maximum Gasteiger partial charge on any atom is 0.338 e. The highest BCUT2D eigenvalue weighted by Crippen LogP contribution is 2.15. The van der Waals surface area contributed by atoms with Crippen LogP contribution in [0.4, 0.5) is 0 Å². The molecular formula is C14H15NO3. The van der Waals surface area contributed by atoms with Crippen molar-refractivity contribution in [1.29, 1.82) is 5.26 Å². The second-order valence-corrected chi connectivity index (χ2v) is 3.92. The summed E-state index contributed by atoms with van der Waals surface area (Å²) in [5.41, 5.74) is 1.91. The van der Waals surface area contributed by atoms with E-state index in [4.69, 9.17) is 10.00 Å². The molecule has 0 fully saturated rings. The molecule has 1 aromatic carbocycles. The van der Waals surface area contributed by atoms with Gasteiger partial charge in [-0.3, -0.25) is 4.79 Å². The van der Waals surface area contributed by atoms with E-state index in [-0.39, 0.29) is 18.6 Å². The van der Waals surface area contributed by atoms with E-state index in [0.29, 0.717) is 17.7 Å². The molecule has 0 aliphatic carbocycles. The first kappa shape index (κ1) is 13.9. The van der Waals surface area contributed by atoms with Crippen LogP contribution in [-0.2, 0) is 22.4 Å². The van der Waals surface area contributed by atoms with Crippen molar-refractivity contribution in [1.82, 2.24) is 0 Å². The fraction of sp³-hybridized carbons (Fsp3) is 0.357. The Morgan fingerprint density at radius 3 is 2.61 bits per heavy atom. The molecule has 4 nitrogen and oxygen atoms in total. The lowest BCUT2D eigenvalue weighted by molar-refractivity contribution is -0.116. The largest absolute Gasteiger partial charge is 0.462 e. The molecule has 0 aliphatic heterocycles. The first-order chi connectivity index (χ1) is 8.58. The Labute approximate surface area is 106 Å². The standard InChI is InChI=1S/C14H15NO3/c1-3-18-14(17)13-5-4-11(8-10(2)16)12(9-13)6-7-15/h4-5,9H,3,6,8H2,1-2H3. The minimum atomic E-state index is -0.411. The molecule has 18 heavy (non-hydrogen) atoms. The molecule has 4 heteroatoms. The van der Waals surface area contributed by atoms with Crippen LogP contribution in [0.15, 0.2) is 18.2 Å². The number of nitrogens with zero attached hydrogens (tertiary/aromatic N) is 1. The van der Waals surface area contributed by atoms with Gasteiger partial charge in [-0.15, -0.1) is 0 Å². The number of rotatable bonds is 5. The summed E-state index contributed by atoms with van der Waals surface area (Å²) in [5, 5.41) is 8.76. The van der Waals surface area contributed by atoms with Gasteiger partial charge in [0.05, 0.1) is 24.7 Å². The summed E-state index contributed by atoms with van der Waals surface area (Å²) in [5.74, 6) is -0.385. The Morgan fingerprint density at radius 2 is 2.06 bits per heavy atom. The Bertz CT molecular complexity index is 500. The third-order valence-corrected chi connectivity index (χ3v) is 2.43. The third kappa shape index (κ3) is 3.70. The zero-order valence-corrected chi connectivity index (χ0v) is 10.5. The Morgan fingerprint density at radius 1 is 1.33 bits per heavy atom. The van der Waals surface area contributed by atoms with Gasteiger partial charge in [0, 0.05) is 6.42 Å². The molecule has 0 radical (unpaired) electrons. The second kappa shape index (κ2) is 6.55. The summed E-state index contributed by atoms with van der Waals surface area (Å²) in [6, 6.07) is 6.99. The van der Waals surface area contributed by atoms with E-state index in [9.17, 15) is 9.59 Å². The minimum Gasteiger partial charge on any atom is -0.462 e. The smallest absolute Gasteiger partial charge is 0.338 e. The van der Waals surface area contributed by atoms with E-state index in [2.05, 4.69) is 0 Å². The second-order valence-electron chi connectivity index (χ2n) is 3.92. The summed E-state index contributed by atoms with van der Waals surface area (Å²) < 4.78 is 4.89. The van der Waals surface area contributed by atoms with Crippen molar-refractivity contribution in [2.24, 2.45) is 0 Å². The molecule has 1 rings (SSSR count). The predicted molar refractivity (Wildman–Crippen MR) is 66.1 cm³/mol. The first-order valence-electron chi connectivity index (χ1n) is 5.73. The molecule has 0 unspecified atom stereocenters. The molecule has 0 saturated carbocycles. The highest BCUT2D eigenvalue weighted by atomic mass is 16.5. The van der Waals surface area contributed by atoms with E-state index < -0.39 is 5.97 Å². The van der Waals surface area contributed by atoms with Crippen molar-refractivity contribution < 1.29 is 14.3 Å². The van der Waals surface area contributed by atoms with Crippen molar-refractivity contribution in [2.75, 3.05) is 6.61 Å². The highest BCUT2D eigenvalue weighted by Gasteiger charge is 2.11. The van der Waals surface area contributed by atoms with Crippen LogP contribution >= 0.6 is 0 Å². The molecule has 0 amide bonds. The molecule has 0 bridgehead atoms. The number of carbonyl (C=O) groups is 2. The van der Waals surface area contributed by atoms with E-state index in [1.54, 1.807) is 25.1 Å². The van der Waals surface area contributed by atoms with Crippen LogP contribution in [-0.4, -0.2) is 18.4 Å². The SMILES string of the molecule is CCOC(=O)c1ccc(CC(C)=O)c(CC#N)c1. The lowest BCUT2D eigenvalue weighted by Gasteiger charge is -2.08. The predicted octanol–water partition coefficient (Wildman–Crippen LogP) is 2.06. The van der Waals surface area contributed by atoms with Crippen LogP contribution in [0.2, 0.25) is 0 Å². The van der Waals surface area contributed by atoms with Gasteiger partial charge >= 0.3 is 5.97 Å². The van der Waals surface area contributed by atoms with Gasteiger partial charge in [-0.2, -0.15) is 5.26 Å². The summed E-state index contributed by atoms with van der Waals surface area (Å²) in [6.45, 7) is 3.54. The van der Waals surface area contributed by atoms with Crippen LogP contribution in [0, 0.1) is 11.3 Å². The minimum absolute atomic E-state index is 0.0260. The summed E-state index contributed by atoms with van der Waals surface area (Å²) >= 11 is 0. The number of ether oxygens (including phenoxy) is 1. The maximum absolute atomic E-state index is 11.6. The zero-order chi connectivity index (χ0) is 13.5. The van der Waals surface area contributed by atoms with E-state index in [0.717, 1.165) is 5.56 Å². The molecule has 0 heterocycles. The zero-order valence-electron chi connectivity index (χ0n) is 10.5. The first-order valence-corrected chi connectivity index (χ1v) is 5.73. The number of ketones is 1. The number of nitriles is 1. The Hall–Kier alpha value is -2.15. The van der Waals surface area contributed by atoms with Gasteiger partial charge in [0.1, 0.15) is 5.78 Å². The normalized spacial score (nSPS) is 9.61. The van der Waals surface area contributed by atoms with Crippen molar-refractivity contribution in [3.63, 3.8) is 0 Å². The number of benzene rings is 1. The Kier molecular flexibility index (Phi) is 5.06. The fourth-order valence-corrected chi connectivity index (χ4v) is 1.66. The molecule has 0 aromatic heterocycles. The molecule has 0 saturated heterocycles. The van der Waals surface area contributed by atoms with E-state index in [1.807, 2.05) is 6.07 Å². The van der Waals surface area contributed by atoms with Gasteiger partial charge in [-0.05, 0) is 37.1 Å². The fourth-order valence-electron chi connectivity index (χ4n) is 1.66. The summed E-state index contributed by atoms with van der Waals surface area (Å²) in [6.07, 6.45) is 0.454. The van der Waals surface area contributed by atoms with Crippen molar-refractivity contribution in [2.45, 2.75) is 26.7 Å². The van der Waals surface area contributed by atoms with Crippen molar-refractivity contribution >= 4 is 11.8 Å². The van der Waals surface area contributed by atoms with Gasteiger partial charge in [0.25, 0.3) is 0 Å². The van der Waals surface area contributed by atoms with Crippen molar-refractivity contribution in [3.8, 4) is 6.07 Å². The van der Waals surface area contributed by atoms with Gasteiger partial charge in [-0.25, -0.2) is 4.79 Å². The number of hydrogen-bond acceptors (Lipinski definition) is 4. The average Bonchev–Trinajstić information content (AvgIpc) is 2.31.